The summed E-state index contributed by atoms with van der Waals surface area (Å²) in [6, 6.07) is 4.89. The van der Waals surface area contributed by atoms with Crippen LogP contribution < -0.4 is 25.6 Å². The van der Waals surface area contributed by atoms with Crippen LogP contribution in [0.15, 0.2) is 30.0 Å². The number of anilines is 1. The quantitative estimate of drug-likeness (QED) is 0.536. The summed E-state index contributed by atoms with van der Waals surface area (Å²) in [6.45, 7) is 1.69. The normalized spacial score (nSPS) is 14.4. The van der Waals surface area contributed by atoms with Gasteiger partial charge in [0.05, 0.1) is 19.9 Å². The van der Waals surface area contributed by atoms with Crippen LogP contribution >= 0.6 is 0 Å². The Morgan fingerprint density at radius 1 is 1.17 bits per heavy atom. The van der Waals surface area contributed by atoms with E-state index in [0.29, 0.717) is 17.2 Å². The number of nitrogens with zero attached hydrogens (tertiary/aromatic N) is 1. The Balaban J connectivity index is 1.91. The largest absolute Gasteiger partial charge is 0.497 e. The van der Waals surface area contributed by atoms with Gasteiger partial charge in [0.2, 0.25) is 0 Å². The Morgan fingerprint density at radius 2 is 1.96 bits per heavy atom. The SMILES string of the molecule is COc1ccc(NC(=O)C(=O)NNC2=CCN(C)CC2)c(OC)c1. The van der Waals surface area contributed by atoms with E-state index in [-0.39, 0.29) is 0 Å². The van der Waals surface area contributed by atoms with Gasteiger partial charge < -0.3 is 25.1 Å². The fraction of sp³-hybridized carbons (Fsp3) is 0.375. The summed E-state index contributed by atoms with van der Waals surface area (Å²) in [5, 5.41) is 2.51. The summed E-state index contributed by atoms with van der Waals surface area (Å²) in [5.41, 5.74) is 6.44. The second-order valence-corrected chi connectivity index (χ2v) is 5.34. The number of nitrogens with one attached hydrogen (secondary N) is 3. The van der Waals surface area contributed by atoms with E-state index in [9.17, 15) is 9.59 Å². The standard InChI is InChI=1S/C16H22N4O4/c1-20-8-6-11(7-9-20)18-19-16(22)15(21)17-13-5-4-12(23-2)10-14(13)24-3/h4-6,10,18H,7-9H2,1-3H3,(H,17,21)(H,19,22). The van der Waals surface area contributed by atoms with E-state index in [1.165, 1.54) is 14.2 Å². The molecule has 0 fully saturated rings. The number of ether oxygens (including phenoxy) is 2. The second kappa shape index (κ2) is 8.21. The van der Waals surface area contributed by atoms with Crippen molar-refractivity contribution in [2.24, 2.45) is 0 Å². The maximum absolute atomic E-state index is 12.0. The molecule has 0 spiro atoms. The number of methoxy groups -OCH3 is 2. The highest BCUT2D eigenvalue weighted by molar-refractivity contribution is 6.39. The number of amides is 2. The summed E-state index contributed by atoms with van der Waals surface area (Å²) in [5.74, 6) is -0.584. The molecule has 0 unspecified atom stereocenters. The monoisotopic (exact) mass is 334 g/mol. The van der Waals surface area contributed by atoms with Crippen molar-refractivity contribution in [3.63, 3.8) is 0 Å². The molecule has 2 amide bonds. The molecule has 0 radical (unpaired) electrons. The Morgan fingerprint density at radius 3 is 2.58 bits per heavy atom. The number of benzene rings is 1. The number of carbonyl (C=O) groups is 2. The molecule has 1 heterocycles. The fourth-order valence-electron chi connectivity index (χ4n) is 2.16. The average molecular weight is 334 g/mol. The number of hydrogen-bond donors (Lipinski definition) is 3. The molecule has 1 aliphatic rings. The van der Waals surface area contributed by atoms with E-state index in [4.69, 9.17) is 9.47 Å². The highest BCUT2D eigenvalue weighted by Crippen LogP contribution is 2.28. The molecule has 0 saturated carbocycles. The smallest absolute Gasteiger partial charge is 0.327 e. The zero-order valence-corrected chi connectivity index (χ0v) is 14.0. The molecule has 8 heteroatoms. The van der Waals surface area contributed by atoms with E-state index >= 15 is 0 Å². The average Bonchev–Trinajstić information content (AvgIpc) is 2.61. The fourth-order valence-corrected chi connectivity index (χ4v) is 2.16. The van der Waals surface area contributed by atoms with Gasteiger partial charge in [0.15, 0.2) is 0 Å². The van der Waals surface area contributed by atoms with Crippen molar-refractivity contribution >= 4 is 17.5 Å². The molecule has 24 heavy (non-hydrogen) atoms. The van der Waals surface area contributed by atoms with Gasteiger partial charge in [0.25, 0.3) is 0 Å². The van der Waals surface area contributed by atoms with Crippen LogP contribution in [0, 0.1) is 0 Å². The van der Waals surface area contributed by atoms with Crippen molar-refractivity contribution in [2.75, 3.05) is 39.7 Å². The first-order chi connectivity index (χ1) is 11.5. The Bertz CT molecular complexity index is 645. The first-order valence-corrected chi connectivity index (χ1v) is 7.50. The number of rotatable bonds is 5. The van der Waals surface area contributed by atoms with E-state index in [2.05, 4.69) is 21.1 Å². The van der Waals surface area contributed by atoms with E-state index in [1.807, 2.05) is 13.1 Å². The zero-order valence-electron chi connectivity index (χ0n) is 14.0. The predicted octanol–water partition coefficient (Wildman–Crippen LogP) is 0.483. The molecule has 1 aromatic carbocycles. The lowest BCUT2D eigenvalue weighted by molar-refractivity contribution is -0.136. The second-order valence-electron chi connectivity index (χ2n) is 5.34. The molecule has 0 aromatic heterocycles. The molecular weight excluding hydrogens is 312 g/mol. The van der Waals surface area contributed by atoms with Crippen LogP contribution in [0.1, 0.15) is 6.42 Å². The van der Waals surface area contributed by atoms with Crippen LogP contribution in [0.3, 0.4) is 0 Å². The molecule has 1 aromatic rings. The van der Waals surface area contributed by atoms with Gasteiger partial charge in [-0.3, -0.25) is 15.0 Å². The van der Waals surface area contributed by atoms with Crippen molar-refractivity contribution < 1.29 is 19.1 Å². The maximum atomic E-state index is 12.0. The van der Waals surface area contributed by atoms with Crippen molar-refractivity contribution in [3.05, 3.63) is 30.0 Å². The Labute approximate surface area is 140 Å². The first kappa shape index (κ1) is 17.6. The molecule has 0 bridgehead atoms. The van der Waals surface area contributed by atoms with Gasteiger partial charge in [-0.2, -0.15) is 0 Å². The van der Waals surface area contributed by atoms with Gasteiger partial charge in [0, 0.05) is 31.3 Å². The zero-order chi connectivity index (χ0) is 17.5. The summed E-state index contributed by atoms with van der Waals surface area (Å²) in [4.78, 5) is 26.0. The number of likely N-dealkylation sites (N-methyl/N-ethyl adjacent to an activating group) is 1. The minimum atomic E-state index is -0.792. The van der Waals surface area contributed by atoms with Gasteiger partial charge in [-0.15, -0.1) is 0 Å². The van der Waals surface area contributed by atoms with Crippen LogP contribution in [0.2, 0.25) is 0 Å². The molecule has 0 atom stereocenters. The van der Waals surface area contributed by atoms with Crippen LogP contribution in [0.5, 0.6) is 11.5 Å². The summed E-state index contributed by atoms with van der Waals surface area (Å²) < 4.78 is 10.3. The lowest BCUT2D eigenvalue weighted by Crippen LogP contribution is -2.44. The lowest BCUT2D eigenvalue weighted by atomic mass is 10.2. The highest BCUT2D eigenvalue weighted by Gasteiger charge is 2.17. The lowest BCUT2D eigenvalue weighted by Gasteiger charge is -2.22. The molecule has 130 valence electrons. The molecule has 0 saturated heterocycles. The highest BCUT2D eigenvalue weighted by atomic mass is 16.5. The topological polar surface area (TPSA) is 91.9 Å². The number of carbonyl (C=O) groups excluding carboxylic acids is 2. The molecular formula is C16H22N4O4. The van der Waals surface area contributed by atoms with Crippen LogP contribution in [0.25, 0.3) is 0 Å². The third-order valence-electron chi connectivity index (χ3n) is 3.61. The Hall–Kier alpha value is -2.74. The molecule has 0 aliphatic carbocycles. The van der Waals surface area contributed by atoms with Crippen molar-refractivity contribution in [2.45, 2.75) is 6.42 Å². The van der Waals surface area contributed by atoms with Crippen LogP contribution in [0.4, 0.5) is 5.69 Å². The van der Waals surface area contributed by atoms with Gasteiger partial charge in [0.1, 0.15) is 11.5 Å². The minimum Gasteiger partial charge on any atom is -0.497 e. The van der Waals surface area contributed by atoms with Gasteiger partial charge in [-0.1, -0.05) is 0 Å². The molecule has 8 nitrogen and oxygen atoms in total. The van der Waals surface area contributed by atoms with E-state index < -0.39 is 11.8 Å². The van der Waals surface area contributed by atoms with Crippen molar-refractivity contribution in [3.8, 4) is 11.5 Å². The number of hydrogen-bond acceptors (Lipinski definition) is 6. The molecule has 3 N–H and O–H groups in total. The first-order valence-electron chi connectivity index (χ1n) is 7.50. The predicted molar refractivity (Wildman–Crippen MR) is 89.7 cm³/mol. The minimum absolute atomic E-state index is 0.386. The van der Waals surface area contributed by atoms with Gasteiger partial charge >= 0.3 is 11.8 Å². The van der Waals surface area contributed by atoms with E-state index in [0.717, 1.165) is 25.2 Å². The number of hydrazine groups is 1. The van der Waals surface area contributed by atoms with Gasteiger partial charge in [-0.25, -0.2) is 0 Å². The third kappa shape index (κ3) is 4.63. The van der Waals surface area contributed by atoms with Crippen molar-refractivity contribution in [1.29, 1.82) is 0 Å². The summed E-state index contributed by atoms with van der Waals surface area (Å²) in [7, 11) is 5.02. The van der Waals surface area contributed by atoms with Crippen molar-refractivity contribution in [1.82, 2.24) is 15.8 Å². The van der Waals surface area contributed by atoms with Crippen LogP contribution in [-0.4, -0.2) is 51.1 Å². The summed E-state index contributed by atoms with van der Waals surface area (Å²) >= 11 is 0. The van der Waals surface area contributed by atoms with Crippen LogP contribution in [-0.2, 0) is 9.59 Å². The maximum Gasteiger partial charge on any atom is 0.327 e. The third-order valence-corrected chi connectivity index (χ3v) is 3.61. The Kier molecular flexibility index (Phi) is 6.02. The molecule has 1 aliphatic heterocycles. The van der Waals surface area contributed by atoms with E-state index in [1.54, 1.807) is 18.2 Å². The summed E-state index contributed by atoms with van der Waals surface area (Å²) in [6.07, 6.45) is 2.75. The van der Waals surface area contributed by atoms with Gasteiger partial charge in [-0.05, 0) is 25.3 Å². The molecule has 2 rings (SSSR count).